The molecule has 0 saturated heterocycles. The van der Waals surface area contributed by atoms with Crippen molar-refractivity contribution in [1.29, 1.82) is 0 Å². The van der Waals surface area contributed by atoms with E-state index in [-0.39, 0.29) is 5.92 Å². The van der Waals surface area contributed by atoms with Crippen LogP contribution in [0.1, 0.15) is 18.1 Å². The van der Waals surface area contributed by atoms with Crippen molar-refractivity contribution in [1.82, 2.24) is 4.31 Å². The van der Waals surface area contributed by atoms with Gasteiger partial charge in [0.25, 0.3) is 0 Å². The van der Waals surface area contributed by atoms with E-state index in [9.17, 15) is 8.42 Å². The van der Waals surface area contributed by atoms with Gasteiger partial charge in [0.1, 0.15) is 0 Å². The molecule has 138 valence electrons. The Balaban J connectivity index is 1.68. The largest absolute Gasteiger partial charge is 0.244 e. The van der Waals surface area contributed by atoms with Crippen molar-refractivity contribution in [3.63, 3.8) is 0 Å². The molecule has 2 aromatic carbocycles. The summed E-state index contributed by atoms with van der Waals surface area (Å²) in [5.41, 5.74) is 2.64. The van der Waals surface area contributed by atoms with E-state index in [0.717, 1.165) is 16.7 Å². The molecule has 2 aliphatic rings. The van der Waals surface area contributed by atoms with Crippen molar-refractivity contribution < 1.29 is 8.42 Å². The molecule has 0 N–H and O–H groups in total. The van der Waals surface area contributed by atoms with Gasteiger partial charge in [-0.3, -0.25) is 0 Å². The number of nitrogens with zero attached hydrogens (tertiary/aromatic N) is 1. The highest BCUT2D eigenvalue weighted by molar-refractivity contribution is 7.89. The minimum atomic E-state index is -3.58. The topological polar surface area (TPSA) is 37.4 Å². The molecule has 0 aromatic heterocycles. The molecule has 4 heteroatoms. The molecule has 0 fully saturated rings. The molecule has 0 spiro atoms. The molecule has 27 heavy (non-hydrogen) atoms. The molecular weight excluding hydrogens is 354 g/mol. The van der Waals surface area contributed by atoms with Gasteiger partial charge < -0.3 is 0 Å². The van der Waals surface area contributed by atoms with Gasteiger partial charge in [-0.1, -0.05) is 78.4 Å². The predicted octanol–water partition coefficient (Wildman–Crippen LogP) is 4.58. The number of fused-ring (bicyclic) bond motifs is 1. The minimum Gasteiger partial charge on any atom is -0.207 e. The maximum Gasteiger partial charge on any atom is 0.244 e. The average molecular weight is 378 g/mol. The van der Waals surface area contributed by atoms with Gasteiger partial charge >= 0.3 is 0 Å². The molecule has 2 aromatic rings. The summed E-state index contributed by atoms with van der Waals surface area (Å²) in [4.78, 5) is 0.349. The summed E-state index contributed by atoms with van der Waals surface area (Å²) < 4.78 is 28.3. The first-order valence-corrected chi connectivity index (χ1v) is 10.6. The summed E-state index contributed by atoms with van der Waals surface area (Å²) in [7, 11) is -3.58. The van der Waals surface area contributed by atoms with Crippen molar-refractivity contribution >= 4 is 16.1 Å². The molecule has 4 rings (SSSR count). The molecule has 1 aliphatic carbocycles. The molecule has 0 saturated carbocycles. The highest BCUT2D eigenvalue weighted by Crippen LogP contribution is 2.46. The standard InChI is InChI=1S/C23H23NO2S/c1-18-8-14-22(15-9-18)27(25,26)24-17-16-21-13-12-20(23(21,24)2)11-10-19-6-4-3-5-7-19/h3-16,20H,17H2,1-2H3/b11-10+/t20-,23+/m1/s1. The van der Waals surface area contributed by atoms with Crippen molar-refractivity contribution in [3.8, 4) is 0 Å². The van der Waals surface area contributed by atoms with E-state index in [4.69, 9.17) is 0 Å². The zero-order valence-corrected chi connectivity index (χ0v) is 16.4. The number of rotatable bonds is 4. The van der Waals surface area contributed by atoms with Crippen LogP contribution in [-0.4, -0.2) is 24.8 Å². The normalized spacial score (nSPS) is 25.1. The lowest BCUT2D eigenvalue weighted by molar-refractivity contribution is 0.264. The fourth-order valence-electron chi connectivity index (χ4n) is 3.93. The Kier molecular flexibility index (Phi) is 4.41. The van der Waals surface area contributed by atoms with E-state index in [1.54, 1.807) is 16.4 Å². The van der Waals surface area contributed by atoms with Crippen LogP contribution < -0.4 is 0 Å². The van der Waals surface area contributed by atoms with Crippen LogP contribution in [0.25, 0.3) is 6.08 Å². The second-order valence-electron chi connectivity index (χ2n) is 7.31. The molecule has 0 amide bonds. The SMILES string of the molecule is Cc1ccc(S(=O)(=O)N2CC=C3C=C[C@@H](/C=C/c4ccccc4)[C@@]32C)cc1. The minimum absolute atomic E-state index is 0.00770. The molecule has 1 aliphatic heterocycles. The van der Waals surface area contributed by atoms with Gasteiger partial charge in [-0.25, -0.2) is 8.42 Å². The van der Waals surface area contributed by atoms with E-state index in [0.29, 0.717) is 11.4 Å². The lowest BCUT2D eigenvalue weighted by Gasteiger charge is -2.37. The third kappa shape index (κ3) is 2.99. The second kappa shape index (κ2) is 6.63. The molecule has 0 radical (unpaired) electrons. The van der Waals surface area contributed by atoms with E-state index < -0.39 is 15.6 Å². The maximum absolute atomic E-state index is 13.4. The lowest BCUT2D eigenvalue weighted by Crippen LogP contribution is -2.49. The molecule has 0 bridgehead atoms. The van der Waals surface area contributed by atoms with Crippen molar-refractivity contribution in [2.45, 2.75) is 24.3 Å². The monoisotopic (exact) mass is 377 g/mol. The Morgan fingerprint density at radius 1 is 1.07 bits per heavy atom. The number of sulfonamides is 1. The summed E-state index contributed by atoms with van der Waals surface area (Å²) in [5.74, 6) is -0.00770. The summed E-state index contributed by atoms with van der Waals surface area (Å²) in [6.07, 6.45) is 10.4. The molecule has 1 heterocycles. The Morgan fingerprint density at radius 3 is 2.48 bits per heavy atom. The fraction of sp³-hybridized carbons (Fsp3) is 0.217. The van der Waals surface area contributed by atoms with Crippen LogP contribution in [0.5, 0.6) is 0 Å². The van der Waals surface area contributed by atoms with Gasteiger partial charge in [-0.15, -0.1) is 0 Å². The number of hydrogen-bond donors (Lipinski definition) is 0. The van der Waals surface area contributed by atoms with E-state index in [2.05, 4.69) is 24.3 Å². The summed E-state index contributed by atoms with van der Waals surface area (Å²) in [5, 5.41) is 0. The van der Waals surface area contributed by atoms with Crippen LogP contribution in [0.15, 0.2) is 89.4 Å². The van der Waals surface area contributed by atoms with E-state index in [1.165, 1.54) is 0 Å². The second-order valence-corrected chi connectivity index (χ2v) is 9.17. The Hall–Kier alpha value is -2.43. The Labute approximate surface area is 161 Å². The summed E-state index contributed by atoms with van der Waals surface area (Å²) in [6.45, 7) is 4.39. The lowest BCUT2D eigenvalue weighted by atomic mass is 9.86. The van der Waals surface area contributed by atoms with E-state index in [1.807, 2.05) is 62.4 Å². The zero-order valence-electron chi connectivity index (χ0n) is 15.5. The molecular formula is C23H23NO2S. The third-order valence-corrected chi connectivity index (χ3v) is 7.59. The van der Waals surface area contributed by atoms with Crippen LogP contribution in [0, 0.1) is 12.8 Å². The van der Waals surface area contributed by atoms with Crippen LogP contribution in [0.2, 0.25) is 0 Å². The van der Waals surface area contributed by atoms with Crippen LogP contribution in [0.4, 0.5) is 0 Å². The molecule has 3 nitrogen and oxygen atoms in total. The number of aryl methyl sites for hydroxylation is 1. The summed E-state index contributed by atoms with van der Waals surface area (Å²) >= 11 is 0. The van der Waals surface area contributed by atoms with Gasteiger partial charge in [0.2, 0.25) is 10.0 Å². The van der Waals surface area contributed by atoms with Crippen molar-refractivity contribution in [2.24, 2.45) is 5.92 Å². The highest BCUT2D eigenvalue weighted by atomic mass is 32.2. The van der Waals surface area contributed by atoms with Gasteiger partial charge in [-0.05, 0) is 37.1 Å². The van der Waals surface area contributed by atoms with Crippen LogP contribution in [0.3, 0.4) is 0 Å². The Morgan fingerprint density at radius 2 is 1.78 bits per heavy atom. The number of hydrogen-bond acceptors (Lipinski definition) is 2. The predicted molar refractivity (Wildman–Crippen MR) is 110 cm³/mol. The van der Waals surface area contributed by atoms with Gasteiger partial charge in [0.05, 0.1) is 10.4 Å². The first kappa shape index (κ1) is 18.0. The van der Waals surface area contributed by atoms with Crippen LogP contribution >= 0.6 is 0 Å². The third-order valence-electron chi connectivity index (χ3n) is 5.62. The summed E-state index contributed by atoms with van der Waals surface area (Å²) in [6, 6.07) is 17.2. The van der Waals surface area contributed by atoms with Crippen LogP contribution in [-0.2, 0) is 10.0 Å². The smallest absolute Gasteiger partial charge is 0.207 e. The first-order chi connectivity index (χ1) is 12.9. The first-order valence-electron chi connectivity index (χ1n) is 9.14. The van der Waals surface area contributed by atoms with Gasteiger partial charge in [0.15, 0.2) is 0 Å². The number of benzene rings is 2. The quantitative estimate of drug-likeness (QED) is 0.782. The maximum atomic E-state index is 13.4. The van der Waals surface area contributed by atoms with Gasteiger partial charge in [-0.2, -0.15) is 4.31 Å². The van der Waals surface area contributed by atoms with E-state index >= 15 is 0 Å². The molecule has 2 atom stereocenters. The van der Waals surface area contributed by atoms with Gasteiger partial charge in [0, 0.05) is 12.5 Å². The average Bonchev–Trinajstić information content (AvgIpc) is 3.16. The Bertz CT molecular complexity index is 1030. The highest BCUT2D eigenvalue weighted by Gasteiger charge is 2.51. The molecule has 0 unspecified atom stereocenters. The zero-order chi connectivity index (χ0) is 19.1. The van der Waals surface area contributed by atoms with Crippen molar-refractivity contribution in [3.05, 3.63) is 95.6 Å². The fourth-order valence-corrected chi connectivity index (χ4v) is 5.66. The van der Waals surface area contributed by atoms with Crippen molar-refractivity contribution in [2.75, 3.05) is 6.54 Å².